The number of hydrogen-bond donors (Lipinski definition) is 2. The van der Waals surface area contributed by atoms with E-state index in [2.05, 4.69) is 10.0 Å². The first-order valence-corrected chi connectivity index (χ1v) is 11.1. The Labute approximate surface area is 181 Å². The van der Waals surface area contributed by atoms with Gasteiger partial charge in [-0.05, 0) is 68.2 Å². The van der Waals surface area contributed by atoms with Gasteiger partial charge in [0.05, 0.1) is 10.9 Å². The van der Waals surface area contributed by atoms with E-state index in [9.17, 15) is 17.6 Å². The molecule has 3 aromatic rings. The third kappa shape index (κ3) is 5.90. The van der Waals surface area contributed by atoms with Gasteiger partial charge in [0.1, 0.15) is 5.82 Å². The first-order valence-electron chi connectivity index (χ1n) is 9.64. The Bertz CT molecular complexity index is 1130. The second kappa shape index (κ2) is 9.72. The monoisotopic (exact) mass is 441 g/mol. The largest absolute Gasteiger partial charge is 0.350 e. The van der Waals surface area contributed by atoms with E-state index in [0.29, 0.717) is 11.3 Å². The molecule has 1 amide bonds. The van der Waals surface area contributed by atoms with Crippen LogP contribution in [0.5, 0.6) is 0 Å². The molecule has 0 radical (unpaired) electrons. The summed E-state index contributed by atoms with van der Waals surface area (Å²) in [5, 5.41) is 2.83. The van der Waals surface area contributed by atoms with Crippen LogP contribution in [0.1, 0.15) is 22.0 Å². The summed E-state index contributed by atoms with van der Waals surface area (Å²) in [6.07, 6.45) is 0. The molecule has 162 valence electrons. The molecule has 31 heavy (non-hydrogen) atoms. The Hall–Kier alpha value is -3.23. The molecule has 0 aliphatic carbocycles. The lowest BCUT2D eigenvalue weighted by molar-refractivity contribution is 0.0942. The fraction of sp³-hybridized carbons (Fsp3) is 0.174. The summed E-state index contributed by atoms with van der Waals surface area (Å²) in [7, 11) is -0.0601. The fourth-order valence-electron chi connectivity index (χ4n) is 3.11. The van der Waals surface area contributed by atoms with E-state index in [1.807, 2.05) is 19.0 Å². The third-order valence-electron chi connectivity index (χ3n) is 4.77. The van der Waals surface area contributed by atoms with Crippen molar-refractivity contribution in [3.8, 4) is 0 Å². The molecule has 8 heteroatoms. The van der Waals surface area contributed by atoms with Crippen LogP contribution in [0.2, 0.25) is 0 Å². The van der Waals surface area contributed by atoms with Crippen molar-refractivity contribution in [2.24, 2.45) is 0 Å². The predicted molar refractivity (Wildman–Crippen MR) is 119 cm³/mol. The molecule has 2 N–H and O–H groups in total. The van der Waals surface area contributed by atoms with Crippen LogP contribution in [0.25, 0.3) is 0 Å². The number of amides is 1. The number of carbonyl (C=O) groups excluding carboxylic acids is 1. The van der Waals surface area contributed by atoms with E-state index in [1.54, 1.807) is 42.5 Å². The van der Waals surface area contributed by atoms with Gasteiger partial charge in [0, 0.05) is 17.8 Å². The van der Waals surface area contributed by atoms with Gasteiger partial charge in [-0.1, -0.05) is 30.3 Å². The van der Waals surface area contributed by atoms with E-state index >= 15 is 0 Å². The van der Waals surface area contributed by atoms with Crippen LogP contribution in [0, 0.1) is 5.82 Å². The zero-order valence-electron chi connectivity index (χ0n) is 17.2. The second-order valence-electron chi connectivity index (χ2n) is 7.24. The molecule has 3 aromatic carbocycles. The summed E-state index contributed by atoms with van der Waals surface area (Å²) in [5.74, 6) is -0.681. The molecule has 0 saturated heterocycles. The van der Waals surface area contributed by atoms with Crippen LogP contribution < -0.4 is 10.0 Å². The first-order chi connectivity index (χ1) is 14.8. The van der Waals surface area contributed by atoms with E-state index < -0.39 is 10.0 Å². The van der Waals surface area contributed by atoms with E-state index in [-0.39, 0.29) is 29.2 Å². The molecule has 3 rings (SSSR count). The highest BCUT2D eigenvalue weighted by Crippen LogP contribution is 2.19. The minimum atomic E-state index is -3.76. The van der Waals surface area contributed by atoms with Crippen LogP contribution in [0.15, 0.2) is 83.8 Å². The number of anilines is 1. The SMILES string of the molecule is CN(C)C(CNC(=O)c1ccc(S(=O)(=O)Nc2ccccc2)cc1)c1cccc(F)c1. The maximum Gasteiger partial charge on any atom is 0.261 e. The summed E-state index contributed by atoms with van der Waals surface area (Å²) < 4.78 is 41.1. The number of hydrogen-bond acceptors (Lipinski definition) is 4. The number of benzene rings is 3. The van der Waals surface area contributed by atoms with Crippen LogP contribution in [0.4, 0.5) is 10.1 Å². The van der Waals surface area contributed by atoms with Crippen LogP contribution in [-0.4, -0.2) is 39.9 Å². The third-order valence-corrected chi connectivity index (χ3v) is 6.16. The van der Waals surface area contributed by atoms with Crippen molar-refractivity contribution in [3.05, 3.63) is 95.8 Å². The average Bonchev–Trinajstić information content (AvgIpc) is 2.74. The number of para-hydroxylation sites is 1. The van der Waals surface area contributed by atoms with Crippen LogP contribution in [0.3, 0.4) is 0 Å². The number of sulfonamides is 1. The maximum absolute atomic E-state index is 13.6. The van der Waals surface area contributed by atoms with E-state index in [0.717, 1.165) is 5.56 Å². The molecule has 0 spiro atoms. The van der Waals surface area contributed by atoms with Crippen molar-refractivity contribution in [1.29, 1.82) is 0 Å². The van der Waals surface area contributed by atoms with Crippen molar-refractivity contribution in [1.82, 2.24) is 10.2 Å². The Balaban J connectivity index is 1.67. The highest BCUT2D eigenvalue weighted by atomic mass is 32.2. The van der Waals surface area contributed by atoms with Gasteiger partial charge >= 0.3 is 0 Å². The minimum absolute atomic E-state index is 0.0545. The quantitative estimate of drug-likeness (QED) is 0.559. The Morgan fingerprint density at radius 3 is 2.26 bits per heavy atom. The molecule has 1 atom stereocenters. The molecule has 0 fully saturated rings. The molecule has 0 heterocycles. The Morgan fingerprint density at radius 2 is 1.65 bits per heavy atom. The molecular formula is C23H24FN3O3S. The van der Waals surface area contributed by atoms with Crippen molar-refractivity contribution >= 4 is 21.6 Å². The zero-order valence-corrected chi connectivity index (χ0v) is 18.1. The highest BCUT2D eigenvalue weighted by molar-refractivity contribution is 7.92. The standard InChI is InChI=1S/C23H24FN3O3S/c1-27(2)22(18-7-6-8-19(24)15-18)16-25-23(28)17-11-13-21(14-12-17)31(29,30)26-20-9-4-3-5-10-20/h3-15,22,26H,16H2,1-2H3,(H,25,28). The molecule has 0 aliphatic heterocycles. The maximum atomic E-state index is 13.6. The van der Waals surface area contributed by atoms with Crippen LogP contribution in [-0.2, 0) is 10.0 Å². The molecular weight excluding hydrogens is 417 g/mol. The minimum Gasteiger partial charge on any atom is -0.350 e. The van der Waals surface area contributed by atoms with Gasteiger partial charge in [0.25, 0.3) is 15.9 Å². The lowest BCUT2D eigenvalue weighted by Gasteiger charge is -2.25. The number of likely N-dealkylation sites (N-methyl/N-ethyl adjacent to an activating group) is 1. The molecule has 0 bridgehead atoms. The predicted octanol–water partition coefficient (Wildman–Crippen LogP) is 3.66. The molecule has 0 aromatic heterocycles. The molecule has 1 unspecified atom stereocenters. The van der Waals surface area contributed by atoms with Crippen molar-refractivity contribution in [2.45, 2.75) is 10.9 Å². The molecule has 6 nitrogen and oxygen atoms in total. The van der Waals surface area contributed by atoms with Gasteiger partial charge in [-0.15, -0.1) is 0 Å². The van der Waals surface area contributed by atoms with Crippen molar-refractivity contribution < 1.29 is 17.6 Å². The smallest absolute Gasteiger partial charge is 0.261 e. The Morgan fingerprint density at radius 1 is 0.968 bits per heavy atom. The first kappa shape index (κ1) is 22.5. The van der Waals surface area contributed by atoms with Gasteiger partial charge in [-0.25, -0.2) is 12.8 Å². The number of rotatable bonds is 8. The highest BCUT2D eigenvalue weighted by Gasteiger charge is 2.18. The number of halogens is 1. The number of nitrogens with zero attached hydrogens (tertiary/aromatic N) is 1. The van der Waals surface area contributed by atoms with Gasteiger partial charge in [-0.3, -0.25) is 9.52 Å². The van der Waals surface area contributed by atoms with Gasteiger partial charge in [0.2, 0.25) is 0 Å². The summed E-state index contributed by atoms with van der Waals surface area (Å²) in [6, 6.07) is 20.3. The van der Waals surface area contributed by atoms with Crippen LogP contribution >= 0.6 is 0 Å². The summed E-state index contributed by atoms with van der Waals surface area (Å²) in [4.78, 5) is 14.5. The fourth-order valence-corrected chi connectivity index (χ4v) is 4.17. The summed E-state index contributed by atoms with van der Waals surface area (Å²) >= 11 is 0. The van der Waals surface area contributed by atoms with Gasteiger partial charge in [-0.2, -0.15) is 0 Å². The van der Waals surface area contributed by atoms with E-state index in [4.69, 9.17) is 0 Å². The lowest BCUT2D eigenvalue weighted by atomic mass is 10.1. The zero-order chi connectivity index (χ0) is 22.4. The second-order valence-corrected chi connectivity index (χ2v) is 8.92. The van der Waals surface area contributed by atoms with Crippen molar-refractivity contribution in [2.75, 3.05) is 25.4 Å². The molecule has 0 saturated carbocycles. The summed E-state index contributed by atoms with van der Waals surface area (Å²) in [6.45, 7) is 0.269. The average molecular weight is 442 g/mol. The van der Waals surface area contributed by atoms with Crippen molar-refractivity contribution in [3.63, 3.8) is 0 Å². The number of nitrogens with one attached hydrogen (secondary N) is 2. The normalized spacial score (nSPS) is 12.4. The van der Waals surface area contributed by atoms with Gasteiger partial charge in [0.15, 0.2) is 0 Å². The van der Waals surface area contributed by atoms with Gasteiger partial charge < -0.3 is 10.2 Å². The Kier molecular flexibility index (Phi) is 7.04. The number of carbonyl (C=O) groups is 1. The topological polar surface area (TPSA) is 78.5 Å². The lowest BCUT2D eigenvalue weighted by Crippen LogP contribution is -2.34. The summed E-state index contributed by atoms with van der Waals surface area (Å²) in [5.41, 5.74) is 1.53. The van der Waals surface area contributed by atoms with E-state index in [1.165, 1.54) is 36.4 Å². The molecule has 0 aliphatic rings.